The van der Waals surface area contributed by atoms with Gasteiger partial charge in [0.2, 0.25) is 0 Å². The highest BCUT2D eigenvalue weighted by Gasteiger charge is 2.45. The van der Waals surface area contributed by atoms with Crippen LogP contribution < -0.4 is 0 Å². The standard InChI is InChI=1S/C16H21NO3S/c18-16(14-2-1-9-21-14)17-7-8-19-13-6-5-12(17)15(13)20-10-11-3-4-11/h1-2,9,11-13,15H,3-8,10H2/t12-,13-,15-/m0/s1. The minimum Gasteiger partial charge on any atom is -0.374 e. The molecule has 0 aromatic carbocycles. The van der Waals surface area contributed by atoms with Gasteiger partial charge in [0, 0.05) is 13.2 Å². The van der Waals surface area contributed by atoms with Crippen LogP contribution in [0.5, 0.6) is 0 Å². The normalized spacial score (nSPS) is 32.2. The molecule has 3 atom stereocenters. The molecule has 5 heteroatoms. The number of fused-ring (bicyclic) bond motifs is 2. The second-order valence-corrected chi connectivity index (χ2v) is 7.22. The van der Waals surface area contributed by atoms with E-state index in [1.54, 1.807) is 0 Å². The lowest BCUT2D eigenvalue weighted by atomic mass is 10.1. The Kier molecular flexibility index (Phi) is 3.73. The van der Waals surface area contributed by atoms with Gasteiger partial charge in [0.25, 0.3) is 5.91 Å². The lowest BCUT2D eigenvalue weighted by Crippen LogP contribution is -2.46. The fourth-order valence-electron chi connectivity index (χ4n) is 3.44. The summed E-state index contributed by atoms with van der Waals surface area (Å²) in [4.78, 5) is 15.5. The number of thiophene rings is 1. The van der Waals surface area contributed by atoms with Crippen molar-refractivity contribution < 1.29 is 14.3 Å². The number of amides is 1. The molecule has 0 N–H and O–H groups in total. The molecule has 1 amide bonds. The molecule has 4 rings (SSSR count). The molecule has 0 unspecified atom stereocenters. The number of carbonyl (C=O) groups excluding carboxylic acids is 1. The van der Waals surface area contributed by atoms with Crippen LogP contribution in [-0.2, 0) is 9.47 Å². The Morgan fingerprint density at radius 2 is 2.29 bits per heavy atom. The molecule has 3 aliphatic rings. The Morgan fingerprint density at radius 1 is 1.38 bits per heavy atom. The maximum Gasteiger partial charge on any atom is 0.264 e. The summed E-state index contributed by atoms with van der Waals surface area (Å²) in [5, 5.41) is 1.96. The van der Waals surface area contributed by atoms with Crippen LogP contribution >= 0.6 is 11.3 Å². The van der Waals surface area contributed by atoms with E-state index in [2.05, 4.69) is 0 Å². The van der Waals surface area contributed by atoms with Gasteiger partial charge in [-0.25, -0.2) is 0 Å². The number of hydrogen-bond donors (Lipinski definition) is 0. The molecular formula is C16H21NO3S. The van der Waals surface area contributed by atoms with Gasteiger partial charge in [-0.2, -0.15) is 0 Å². The van der Waals surface area contributed by atoms with Crippen molar-refractivity contribution in [3.63, 3.8) is 0 Å². The number of rotatable bonds is 4. The van der Waals surface area contributed by atoms with Crippen molar-refractivity contribution in [2.45, 2.75) is 43.9 Å². The third kappa shape index (κ3) is 2.74. The fourth-order valence-corrected chi connectivity index (χ4v) is 4.11. The minimum absolute atomic E-state index is 0.0667. The van der Waals surface area contributed by atoms with Crippen molar-refractivity contribution in [2.75, 3.05) is 19.8 Å². The maximum absolute atomic E-state index is 12.7. The van der Waals surface area contributed by atoms with Gasteiger partial charge in [-0.1, -0.05) is 6.07 Å². The zero-order valence-electron chi connectivity index (χ0n) is 12.1. The summed E-state index contributed by atoms with van der Waals surface area (Å²) in [6, 6.07) is 4.03. The van der Waals surface area contributed by atoms with E-state index in [9.17, 15) is 4.79 Å². The first-order valence-electron chi connectivity index (χ1n) is 7.90. The molecule has 3 fully saturated rings. The molecular weight excluding hydrogens is 286 g/mol. The largest absolute Gasteiger partial charge is 0.374 e. The summed E-state index contributed by atoms with van der Waals surface area (Å²) in [7, 11) is 0. The second kappa shape index (κ2) is 5.71. The minimum atomic E-state index is 0.0667. The summed E-state index contributed by atoms with van der Waals surface area (Å²) in [6.45, 7) is 2.14. The van der Waals surface area contributed by atoms with Crippen LogP contribution in [0.1, 0.15) is 35.4 Å². The molecule has 1 saturated heterocycles. The molecule has 1 aromatic heterocycles. The smallest absolute Gasteiger partial charge is 0.264 e. The summed E-state index contributed by atoms with van der Waals surface area (Å²) < 4.78 is 12.1. The Morgan fingerprint density at radius 3 is 3.05 bits per heavy atom. The van der Waals surface area contributed by atoms with Gasteiger partial charge < -0.3 is 14.4 Å². The van der Waals surface area contributed by atoms with Gasteiger partial charge in [-0.05, 0) is 43.0 Å². The van der Waals surface area contributed by atoms with E-state index in [4.69, 9.17) is 9.47 Å². The number of hydrogen-bond acceptors (Lipinski definition) is 4. The highest BCUT2D eigenvalue weighted by molar-refractivity contribution is 7.12. The van der Waals surface area contributed by atoms with E-state index < -0.39 is 0 Å². The zero-order chi connectivity index (χ0) is 14.2. The van der Waals surface area contributed by atoms with Crippen molar-refractivity contribution in [1.82, 2.24) is 4.90 Å². The van der Waals surface area contributed by atoms with Crippen molar-refractivity contribution in [3.8, 4) is 0 Å². The summed E-state index contributed by atoms with van der Waals surface area (Å²) in [5.74, 6) is 0.885. The van der Waals surface area contributed by atoms with Gasteiger partial charge in [0.15, 0.2) is 0 Å². The van der Waals surface area contributed by atoms with Crippen LogP contribution in [0.4, 0.5) is 0 Å². The van der Waals surface area contributed by atoms with Crippen LogP contribution in [0.3, 0.4) is 0 Å². The average Bonchev–Trinajstić information content (AvgIpc) is 3.02. The molecule has 0 radical (unpaired) electrons. The number of ether oxygens (including phenoxy) is 2. The van der Waals surface area contributed by atoms with Gasteiger partial charge in [0.05, 0.1) is 23.6 Å². The summed E-state index contributed by atoms with van der Waals surface area (Å²) in [5.41, 5.74) is 0. The third-order valence-electron chi connectivity index (χ3n) is 4.77. The molecule has 114 valence electrons. The molecule has 0 spiro atoms. The molecule has 2 heterocycles. The fraction of sp³-hybridized carbons (Fsp3) is 0.688. The molecule has 2 aliphatic carbocycles. The molecule has 1 aromatic rings. The van der Waals surface area contributed by atoms with E-state index >= 15 is 0 Å². The van der Waals surface area contributed by atoms with E-state index in [1.165, 1.54) is 24.2 Å². The van der Waals surface area contributed by atoms with Crippen molar-refractivity contribution in [3.05, 3.63) is 22.4 Å². The molecule has 2 bridgehead atoms. The Hall–Kier alpha value is -0.910. The van der Waals surface area contributed by atoms with Crippen LogP contribution in [0.2, 0.25) is 0 Å². The monoisotopic (exact) mass is 307 g/mol. The van der Waals surface area contributed by atoms with E-state index in [-0.39, 0.29) is 24.2 Å². The van der Waals surface area contributed by atoms with Crippen LogP contribution in [-0.4, -0.2) is 48.8 Å². The predicted molar refractivity (Wildman–Crippen MR) is 80.6 cm³/mol. The first-order chi connectivity index (χ1) is 10.3. The molecule has 4 nitrogen and oxygen atoms in total. The van der Waals surface area contributed by atoms with Gasteiger partial charge in [-0.3, -0.25) is 4.79 Å². The third-order valence-corrected chi connectivity index (χ3v) is 5.63. The van der Waals surface area contributed by atoms with Crippen LogP contribution in [0.25, 0.3) is 0 Å². The lowest BCUT2D eigenvalue weighted by Gasteiger charge is -2.31. The first-order valence-corrected chi connectivity index (χ1v) is 8.78. The van der Waals surface area contributed by atoms with Gasteiger partial charge >= 0.3 is 0 Å². The highest BCUT2D eigenvalue weighted by atomic mass is 32.1. The van der Waals surface area contributed by atoms with Crippen molar-refractivity contribution in [1.29, 1.82) is 0 Å². The van der Waals surface area contributed by atoms with E-state index in [0.717, 1.165) is 30.2 Å². The Bertz CT molecular complexity index is 500. The van der Waals surface area contributed by atoms with Gasteiger partial charge in [0.1, 0.15) is 6.10 Å². The van der Waals surface area contributed by atoms with Crippen LogP contribution in [0.15, 0.2) is 17.5 Å². The summed E-state index contributed by atoms with van der Waals surface area (Å²) >= 11 is 1.51. The molecule has 2 saturated carbocycles. The molecule has 1 aliphatic heterocycles. The van der Waals surface area contributed by atoms with Crippen LogP contribution in [0, 0.1) is 5.92 Å². The van der Waals surface area contributed by atoms with E-state index in [1.807, 2.05) is 22.4 Å². The Balaban J connectivity index is 1.51. The van der Waals surface area contributed by atoms with Crippen molar-refractivity contribution >= 4 is 17.2 Å². The second-order valence-electron chi connectivity index (χ2n) is 6.27. The van der Waals surface area contributed by atoms with Gasteiger partial charge in [-0.15, -0.1) is 11.3 Å². The molecule has 21 heavy (non-hydrogen) atoms. The van der Waals surface area contributed by atoms with E-state index in [0.29, 0.717) is 13.2 Å². The Labute approximate surface area is 129 Å². The van der Waals surface area contributed by atoms with Crippen molar-refractivity contribution in [2.24, 2.45) is 5.92 Å². The number of nitrogens with zero attached hydrogens (tertiary/aromatic N) is 1. The highest BCUT2D eigenvalue weighted by Crippen LogP contribution is 2.36. The topological polar surface area (TPSA) is 38.8 Å². The first kappa shape index (κ1) is 13.7. The maximum atomic E-state index is 12.7. The average molecular weight is 307 g/mol. The lowest BCUT2D eigenvalue weighted by molar-refractivity contribution is -0.0556. The SMILES string of the molecule is O=C(c1cccs1)N1CCO[C@H]2CC[C@H]1[C@@H]2OCC1CC1. The zero-order valence-corrected chi connectivity index (χ0v) is 12.9. The predicted octanol–water partition coefficient (Wildman–Crippen LogP) is 2.55. The summed E-state index contributed by atoms with van der Waals surface area (Å²) in [6.07, 6.45) is 4.83. The quantitative estimate of drug-likeness (QED) is 0.858. The number of carbonyl (C=O) groups is 1.